The number of rotatable bonds is 5. The van der Waals surface area contributed by atoms with Crippen LogP contribution in [0.5, 0.6) is 0 Å². The van der Waals surface area contributed by atoms with Crippen molar-refractivity contribution in [3.8, 4) is 0 Å². The second-order valence-corrected chi connectivity index (χ2v) is 6.54. The summed E-state index contributed by atoms with van der Waals surface area (Å²) in [4.78, 5) is 25.6. The molecule has 1 aliphatic heterocycles. The number of carbonyl (C=O) groups is 2. The lowest BCUT2D eigenvalue weighted by Crippen LogP contribution is -2.49. The molecule has 0 aromatic heterocycles. The second kappa shape index (κ2) is 7.59. The highest BCUT2D eigenvalue weighted by molar-refractivity contribution is 5.96. The van der Waals surface area contributed by atoms with E-state index < -0.39 is 12.0 Å². The molecule has 1 aromatic rings. The standard InChI is InChI=1S/C18H25NO4/c1-12(2)23-11-14-4-6-15(7-5-14)17(20)19-9-8-13(3)10-16(19)18(21)22/h4-7,12-13,16H,8-11H2,1-3H3,(H,21,22). The number of carboxylic acid groups (broad SMARTS) is 1. The van der Waals surface area contributed by atoms with Crippen molar-refractivity contribution < 1.29 is 19.4 Å². The van der Waals surface area contributed by atoms with Crippen LogP contribution in [0.1, 0.15) is 49.5 Å². The molecule has 1 N–H and O–H groups in total. The Kier molecular flexibility index (Phi) is 5.77. The maximum Gasteiger partial charge on any atom is 0.326 e. The Morgan fingerprint density at radius 2 is 1.96 bits per heavy atom. The van der Waals surface area contributed by atoms with Crippen molar-refractivity contribution in [1.82, 2.24) is 4.90 Å². The Morgan fingerprint density at radius 3 is 2.52 bits per heavy atom. The number of ether oxygens (including phenoxy) is 1. The predicted octanol–water partition coefficient (Wildman–Crippen LogP) is 2.94. The van der Waals surface area contributed by atoms with E-state index in [1.54, 1.807) is 12.1 Å². The third-order valence-corrected chi connectivity index (χ3v) is 4.19. The fourth-order valence-electron chi connectivity index (χ4n) is 2.79. The number of carboxylic acids is 1. The summed E-state index contributed by atoms with van der Waals surface area (Å²) in [7, 11) is 0. The lowest BCUT2D eigenvalue weighted by Gasteiger charge is -2.36. The Labute approximate surface area is 137 Å². The first kappa shape index (κ1) is 17.5. The quantitative estimate of drug-likeness (QED) is 0.906. The van der Waals surface area contributed by atoms with E-state index in [4.69, 9.17) is 4.74 Å². The zero-order valence-electron chi connectivity index (χ0n) is 14.0. The van der Waals surface area contributed by atoms with Crippen LogP contribution >= 0.6 is 0 Å². The number of hydrogen-bond acceptors (Lipinski definition) is 3. The first-order chi connectivity index (χ1) is 10.9. The fraction of sp³-hybridized carbons (Fsp3) is 0.556. The molecule has 1 aliphatic rings. The van der Waals surface area contributed by atoms with Crippen molar-refractivity contribution in [3.05, 3.63) is 35.4 Å². The maximum atomic E-state index is 12.6. The van der Waals surface area contributed by atoms with Crippen LogP contribution in [0.15, 0.2) is 24.3 Å². The molecule has 2 rings (SSSR count). The summed E-state index contributed by atoms with van der Waals surface area (Å²) >= 11 is 0. The number of amides is 1. The molecular formula is C18H25NO4. The van der Waals surface area contributed by atoms with Crippen LogP contribution in [-0.2, 0) is 16.1 Å². The van der Waals surface area contributed by atoms with Gasteiger partial charge in [0.15, 0.2) is 0 Å². The minimum Gasteiger partial charge on any atom is -0.480 e. The third kappa shape index (κ3) is 4.55. The molecule has 0 bridgehead atoms. The molecule has 0 spiro atoms. The van der Waals surface area contributed by atoms with Crippen LogP contribution in [0.25, 0.3) is 0 Å². The first-order valence-electron chi connectivity index (χ1n) is 8.12. The summed E-state index contributed by atoms with van der Waals surface area (Å²) in [5.74, 6) is -0.803. The number of aliphatic carboxylic acids is 1. The number of piperidine rings is 1. The predicted molar refractivity (Wildman–Crippen MR) is 87.2 cm³/mol. The van der Waals surface area contributed by atoms with Crippen molar-refractivity contribution in [2.24, 2.45) is 5.92 Å². The van der Waals surface area contributed by atoms with Gasteiger partial charge in [-0.3, -0.25) is 4.79 Å². The lowest BCUT2D eigenvalue weighted by molar-refractivity contribution is -0.144. The molecule has 5 heteroatoms. The second-order valence-electron chi connectivity index (χ2n) is 6.54. The molecule has 0 saturated carbocycles. The number of nitrogens with zero attached hydrogens (tertiary/aromatic N) is 1. The van der Waals surface area contributed by atoms with E-state index in [-0.39, 0.29) is 12.0 Å². The Morgan fingerprint density at radius 1 is 1.30 bits per heavy atom. The number of hydrogen-bond donors (Lipinski definition) is 1. The molecule has 1 saturated heterocycles. The molecule has 1 heterocycles. The smallest absolute Gasteiger partial charge is 0.326 e. The minimum atomic E-state index is -0.924. The molecule has 23 heavy (non-hydrogen) atoms. The molecule has 2 atom stereocenters. The van der Waals surface area contributed by atoms with Gasteiger partial charge in [0.2, 0.25) is 0 Å². The molecule has 1 amide bonds. The van der Waals surface area contributed by atoms with E-state index in [1.165, 1.54) is 4.90 Å². The van der Waals surface area contributed by atoms with Crippen LogP contribution in [0.4, 0.5) is 0 Å². The van der Waals surface area contributed by atoms with Gasteiger partial charge in [0, 0.05) is 12.1 Å². The first-order valence-corrected chi connectivity index (χ1v) is 8.12. The van der Waals surface area contributed by atoms with Gasteiger partial charge in [0.1, 0.15) is 6.04 Å². The Balaban J connectivity index is 2.08. The van der Waals surface area contributed by atoms with Gasteiger partial charge >= 0.3 is 5.97 Å². The molecular weight excluding hydrogens is 294 g/mol. The topological polar surface area (TPSA) is 66.8 Å². The summed E-state index contributed by atoms with van der Waals surface area (Å²) in [5, 5.41) is 9.38. The molecule has 0 radical (unpaired) electrons. The summed E-state index contributed by atoms with van der Waals surface area (Å²) in [6.45, 7) is 6.98. The molecule has 1 fully saturated rings. The van der Waals surface area contributed by atoms with Crippen molar-refractivity contribution in [3.63, 3.8) is 0 Å². The minimum absolute atomic E-state index is 0.156. The average Bonchev–Trinajstić information content (AvgIpc) is 2.52. The maximum absolute atomic E-state index is 12.6. The highest BCUT2D eigenvalue weighted by Crippen LogP contribution is 2.24. The van der Waals surface area contributed by atoms with Crippen LogP contribution in [0.3, 0.4) is 0 Å². The molecule has 0 aliphatic carbocycles. The van der Waals surface area contributed by atoms with Gasteiger partial charge in [-0.05, 0) is 50.3 Å². The number of carbonyl (C=O) groups excluding carboxylic acids is 1. The monoisotopic (exact) mass is 319 g/mol. The van der Waals surface area contributed by atoms with Crippen molar-refractivity contribution >= 4 is 11.9 Å². The fourth-order valence-corrected chi connectivity index (χ4v) is 2.79. The van der Waals surface area contributed by atoms with Crippen LogP contribution in [0.2, 0.25) is 0 Å². The van der Waals surface area contributed by atoms with E-state index in [9.17, 15) is 14.7 Å². The van der Waals surface area contributed by atoms with Gasteiger partial charge in [-0.2, -0.15) is 0 Å². The van der Waals surface area contributed by atoms with Crippen LogP contribution in [-0.4, -0.2) is 40.6 Å². The van der Waals surface area contributed by atoms with E-state index >= 15 is 0 Å². The van der Waals surface area contributed by atoms with E-state index in [1.807, 2.05) is 32.9 Å². The Bertz CT molecular complexity index is 553. The largest absolute Gasteiger partial charge is 0.480 e. The number of likely N-dealkylation sites (tertiary alicyclic amines) is 1. The van der Waals surface area contributed by atoms with E-state index in [0.29, 0.717) is 31.1 Å². The lowest BCUT2D eigenvalue weighted by atomic mass is 9.92. The average molecular weight is 319 g/mol. The van der Waals surface area contributed by atoms with Gasteiger partial charge in [-0.1, -0.05) is 19.1 Å². The van der Waals surface area contributed by atoms with Gasteiger partial charge in [0.05, 0.1) is 12.7 Å². The molecule has 1 aromatic carbocycles. The van der Waals surface area contributed by atoms with E-state index in [2.05, 4.69) is 0 Å². The zero-order chi connectivity index (χ0) is 17.0. The third-order valence-electron chi connectivity index (χ3n) is 4.19. The summed E-state index contributed by atoms with van der Waals surface area (Å²) in [6.07, 6.45) is 1.51. The van der Waals surface area contributed by atoms with Crippen molar-refractivity contribution in [2.75, 3.05) is 6.54 Å². The SMILES string of the molecule is CC1CCN(C(=O)c2ccc(COC(C)C)cc2)C(C(=O)O)C1. The van der Waals surface area contributed by atoms with Crippen molar-refractivity contribution in [1.29, 1.82) is 0 Å². The van der Waals surface area contributed by atoms with Gasteiger partial charge in [-0.25, -0.2) is 4.79 Å². The molecule has 2 unspecified atom stereocenters. The normalized spacial score (nSPS) is 21.5. The van der Waals surface area contributed by atoms with Crippen LogP contribution in [0, 0.1) is 5.92 Å². The summed E-state index contributed by atoms with van der Waals surface area (Å²) in [5.41, 5.74) is 1.52. The van der Waals surface area contributed by atoms with Gasteiger partial charge < -0.3 is 14.7 Å². The van der Waals surface area contributed by atoms with Gasteiger partial charge in [0.25, 0.3) is 5.91 Å². The highest BCUT2D eigenvalue weighted by Gasteiger charge is 2.35. The van der Waals surface area contributed by atoms with E-state index in [0.717, 1.165) is 12.0 Å². The van der Waals surface area contributed by atoms with Gasteiger partial charge in [-0.15, -0.1) is 0 Å². The summed E-state index contributed by atoms with van der Waals surface area (Å²) < 4.78 is 5.53. The number of benzene rings is 1. The zero-order valence-corrected chi connectivity index (χ0v) is 14.0. The highest BCUT2D eigenvalue weighted by atomic mass is 16.5. The Hall–Kier alpha value is -1.88. The van der Waals surface area contributed by atoms with Crippen molar-refractivity contribution in [2.45, 2.75) is 52.4 Å². The molecule has 126 valence electrons. The molecule has 5 nitrogen and oxygen atoms in total. The van der Waals surface area contributed by atoms with Crippen LogP contribution < -0.4 is 0 Å². The summed E-state index contributed by atoms with van der Waals surface area (Å²) in [6, 6.07) is 6.49.